The number of benzene rings is 1. The lowest BCUT2D eigenvalue weighted by Gasteiger charge is -2.31. The lowest BCUT2D eigenvalue weighted by molar-refractivity contribution is 0.589. The molecule has 4 heteroatoms. The van der Waals surface area contributed by atoms with Crippen LogP contribution in [0.1, 0.15) is 31.2 Å². The topological polar surface area (TPSA) is 29.3 Å². The van der Waals surface area contributed by atoms with Gasteiger partial charge in [-0.1, -0.05) is 12.1 Å². The zero-order valence-electron chi connectivity index (χ0n) is 12.8. The first-order valence-electron chi connectivity index (χ1n) is 7.31. The molecule has 0 aliphatic carbocycles. The number of nitrogens with two attached hydrogens (primary N) is 1. The van der Waals surface area contributed by atoms with Crippen LogP contribution in [0.25, 0.3) is 0 Å². The van der Waals surface area contributed by atoms with E-state index in [9.17, 15) is 4.39 Å². The van der Waals surface area contributed by atoms with Crippen LogP contribution in [-0.2, 0) is 13.0 Å². The normalized spacial score (nSPS) is 12.7. The highest BCUT2D eigenvalue weighted by Gasteiger charge is 2.18. The van der Waals surface area contributed by atoms with Gasteiger partial charge in [-0.15, -0.1) is 11.3 Å². The summed E-state index contributed by atoms with van der Waals surface area (Å²) in [6.45, 7) is 6.97. The summed E-state index contributed by atoms with van der Waals surface area (Å²) in [5.41, 5.74) is 7.57. The van der Waals surface area contributed by atoms with E-state index >= 15 is 0 Å². The maximum Gasteiger partial charge on any atom is 0.128 e. The zero-order chi connectivity index (χ0) is 15.4. The Morgan fingerprint density at radius 3 is 2.52 bits per heavy atom. The summed E-state index contributed by atoms with van der Waals surface area (Å²) in [7, 11) is 0. The van der Waals surface area contributed by atoms with Crippen LogP contribution in [-0.4, -0.2) is 12.1 Å². The minimum absolute atomic E-state index is 0.0589. The second kappa shape index (κ2) is 7.05. The number of anilines is 1. The van der Waals surface area contributed by atoms with E-state index in [0.717, 1.165) is 17.8 Å². The molecule has 1 unspecified atom stereocenters. The second-order valence-corrected chi connectivity index (χ2v) is 6.75. The Balaban J connectivity index is 2.37. The van der Waals surface area contributed by atoms with E-state index in [1.807, 2.05) is 19.1 Å². The highest BCUT2D eigenvalue weighted by Crippen LogP contribution is 2.28. The molecule has 0 spiro atoms. The van der Waals surface area contributed by atoms with Crippen molar-refractivity contribution < 1.29 is 4.39 Å². The number of hydrogen-bond donors (Lipinski definition) is 1. The molecule has 1 aromatic heterocycles. The smallest absolute Gasteiger partial charge is 0.128 e. The Kier molecular flexibility index (Phi) is 5.37. The lowest BCUT2D eigenvalue weighted by Crippen LogP contribution is -2.32. The van der Waals surface area contributed by atoms with Crippen molar-refractivity contribution in [2.75, 3.05) is 4.90 Å². The third-order valence-corrected chi connectivity index (χ3v) is 4.32. The summed E-state index contributed by atoms with van der Waals surface area (Å²) in [5.74, 6) is -0.165. The van der Waals surface area contributed by atoms with Crippen molar-refractivity contribution in [3.63, 3.8) is 0 Å². The molecule has 0 saturated heterocycles. The van der Waals surface area contributed by atoms with Gasteiger partial charge in [0.05, 0.1) is 6.54 Å². The fourth-order valence-electron chi connectivity index (χ4n) is 2.46. The van der Waals surface area contributed by atoms with Gasteiger partial charge in [0.2, 0.25) is 0 Å². The average Bonchev–Trinajstić information content (AvgIpc) is 2.91. The van der Waals surface area contributed by atoms with Gasteiger partial charge in [0, 0.05) is 28.2 Å². The minimum atomic E-state index is -0.165. The lowest BCUT2D eigenvalue weighted by atomic mass is 10.0. The molecule has 0 aliphatic rings. The molecule has 114 valence electrons. The molecule has 2 N–H and O–H groups in total. The third kappa shape index (κ3) is 4.05. The highest BCUT2D eigenvalue weighted by atomic mass is 32.1. The molecular weight excluding hydrogens is 283 g/mol. The zero-order valence-corrected chi connectivity index (χ0v) is 13.7. The molecule has 2 nitrogen and oxygen atoms in total. The molecule has 0 bridgehead atoms. The summed E-state index contributed by atoms with van der Waals surface area (Å²) in [5, 5.41) is 2.07. The first-order chi connectivity index (χ1) is 9.99. The Bertz CT molecular complexity index is 564. The third-order valence-electron chi connectivity index (χ3n) is 3.46. The average molecular weight is 306 g/mol. The van der Waals surface area contributed by atoms with Crippen molar-refractivity contribution in [1.82, 2.24) is 0 Å². The second-order valence-electron chi connectivity index (χ2n) is 5.72. The Hall–Kier alpha value is -1.39. The molecule has 1 atom stereocenters. The number of rotatable bonds is 6. The van der Waals surface area contributed by atoms with Crippen LogP contribution in [0, 0.1) is 5.82 Å². The summed E-state index contributed by atoms with van der Waals surface area (Å²) in [6, 6.07) is 9.69. The van der Waals surface area contributed by atoms with E-state index in [4.69, 9.17) is 5.73 Å². The van der Waals surface area contributed by atoms with Crippen molar-refractivity contribution in [2.24, 2.45) is 5.73 Å². The van der Waals surface area contributed by atoms with Gasteiger partial charge in [0.15, 0.2) is 0 Å². The van der Waals surface area contributed by atoms with Gasteiger partial charge in [-0.2, -0.15) is 0 Å². The van der Waals surface area contributed by atoms with Gasteiger partial charge in [0.25, 0.3) is 0 Å². The van der Waals surface area contributed by atoms with E-state index in [1.165, 1.54) is 10.9 Å². The molecule has 0 radical (unpaired) electrons. The van der Waals surface area contributed by atoms with E-state index in [2.05, 4.69) is 30.2 Å². The predicted molar refractivity (Wildman–Crippen MR) is 89.4 cm³/mol. The standard InChI is InChI=1S/C17H23FN2S/c1-12(2)20(11-14-6-5-9-21-14)17-8-4-7-16(18)15(17)10-13(3)19/h4-9,12-13H,10-11,19H2,1-3H3. The van der Waals surface area contributed by atoms with Gasteiger partial charge in [-0.3, -0.25) is 0 Å². The molecule has 0 saturated carbocycles. The number of nitrogens with zero attached hydrogens (tertiary/aromatic N) is 1. The maximum atomic E-state index is 14.2. The predicted octanol–water partition coefficient (Wildman–Crippen LogP) is 4.19. The van der Waals surface area contributed by atoms with Gasteiger partial charge in [0.1, 0.15) is 5.82 Å². The van der Waals surface area contributed by atoms with Crippen LogP contribution in [0.15, 0.2) is 35.7 Å². The highest BCUT2D eigenvalue weighted by molar-refractivity contribution is 7.09. The SMILES string of the molecule is CC(N)Cc1c(F)cccc1N(Cc1cccs1)C(C)C. The molecule has 21 heavy (non-hydrogen) atoms. The molecule has 2 rings (SSSR count). The summed E-state index contributed by atoms with van der Waals surface area (Å²) in [4.78, 5) is 3.52. The first-order valence-corrected chi connectivity index (χ1v) is 8.19. The van der Waals surface area contributed by atoms with Crippen molar-refractivity contribution in [3.05, 3.63) is 52.0 Å². The number of hydrogen-bond acceptors (Lipinski definition) is 3. The Morgan fingerprint density at radius 2 is 1.95 bits per heavy atom. The maximum absolute atomic E-state index is 14.2. The Morgan fingerprint density at radius 1 is 1.19 bits per heavy atom. The molecular formula is C17H23FN2S. The fourth-order valence-corrected chi connectivity index (χ4v) is 3.16. The number of halogens is 1. The van der Waals surface area contributed by atoms with Crippen LogP contribution < -0.4 is 10.6 Å². The van der Waals surface area contributed by atoms with Crippen molar-refractivity contribution >= 4 is 17.0 Å². The first kappa shape index (κ1) is 16.0. The molecule has 0 aliphatic heterocycles. The van der Waals surface area contributed by atoms with Gasteiger partial charge in [-0.05, 0) is 50.8 Å². The van der Waals surface area contributed by atoms with Crippen molar-refractivity contribution in [3.8, 4) is 0 Å². The van der Waals surface area contributed by atoms with E-state index in [-0.39, 0.29) is 11.9 Å². The summed E-state index contributed by atoms with van der Waals surface area (Å²) in [6.07, 6.45) is 0.551. The van der Waals surface area contributed by atoms with Gasteiger partial charge in [-0.25, -0.2) is 4.39 Å². The molecule has 0 amide bonds. The molecule has 2 aromatic rings. The monoisotopic (exact) mass is 306 g/mol. The largest absolute Gasteiger partial charge is 0.364 e. The van der Waals surface area contributed by atoms with Gasteiger partial charge < -0.3 is 10.6 Å². The van der Waals surface area contributed by atoms with E-state index in [1.54, 1.807) is 17.4 Å². The molecule has 1 aromatic carbocycles. The fraction of sp³-hybridized carbons (Fsp3) is 0.412. The summed E-state index contributed by atoms with van der Waals surface area (Å²) < 4.78 is 14.2. The minimum Gasteiger partial charge on any atom is -0.364 e. The van der Waals surface area contributed by atoms with E-state index < -0.39 is 0 Å². The van der Waals surface area contributed by atoms with Crippen LogP contribution in [0.4, 0.5) is 10.1 Å². The van der Waals surface area contributed by atoms with Crippen molar-refractivity contribution in [2.45, 2.75) is 45.8 Å². The van der Waals surface area contributed by atoms with Gasteiger partial charge >= 0.3 is 0 Å². The number of thiophene rings is 1. The molecule has 0 fully saturated rings. The van der Waals surface area contributed by atoms with Crippen LogP contribution >= 0.6 is 11.3 Å². The summed E-state index contributed by atoms with van der Waals surface area (Å²) >= 11 is 1.73. The quantitative estimate of drug-likeness (QED) is 0.867. The van der Waals surface area contributed by atoms with Crippen LogP contribution in [0.2, 0.25) is 0 Å². The molecule has 1 heterocycles. The Labute approximate surface area is 130 Å². The van der Waals surface area contributed by atoms with Crippen LogP contribution in [0.5, 0.6) is 0 Å². The van der Waals surface area contributed by atoms with Crippen LogP contribution in [0.3, 0.4) is 0 Å². The van der Waals surface area contributed by atoms with E-state index in [0.29, 0.717) is 12.5 Å². The van der Waals surface area contributed by atoms with Crippen molar-refractivity contribution in [1.29, 1.82) is 0 Å².